The molecule has 0 saturated heterocycles. The molecule has 2 N–H and O–H groups in total. The molecule has 0 aliphatic rings. The second kappa shape index (κ2) is 5.75. The van der Waals surface area contributed by atoms with Crippen LogP contribution in [0.15, 0.2) is 0 Å². The van der Waals surface area contributed by atoms with Crippen molar-refractivity contribution < 1.29 is 9.59 Å². The highest BCUT2D eigenvalue weighted by Crippen LogP contribution is 2.07. The molecule has 0 radical (unpaired) electrons. The van der Waals surface area contributed by atoms with Crippen molar-refractivity contribution in [1.29, 1.82) is 0 Å². The predicted molar refractivity (Wildman–Crippen MR) is 55.8 cm³/mol. The van der Waals surface area contributed by atoms with Gasteiger partial charge in [0.25, 0.3) is 0 Å². The molecule has 0 aromatic heterocycles. The van der Waals surface area contributed by atoms with Gasteiger partial charge in [0.1, 0.15) is 5.78 Å². The Kier molecular flexibility index (Phi) is 5.38. The fourth-order valence-corrected chi connectivity index (χ4v) is 1.43. The summed E-state index contributed by atoms with van der Waals surface area (Å²) in [7, 11) is 0. The van der Waals surface area contributed by atoms with Crippen molar-refractivity contribution in [1.82, 2.24) is 4.90 Å². The van der Waals surface area contributed by atoms with Crippen LogP contribution in [0.5, 0.6) is 0 Å². The quantitative estimate of drug-likeness (QED) is 0.681. The first-order valence-electron chi connectivity index (χ1n) is 4.96. The lowest BCUT2D eigenvalue weighted by atomic mass is 10.1. The minimum atomic E-state index is -0.394. The maximum Gasteiger partial charge on any atom is 0.231 e. The van der Waals surface area contributed by atoms with Gasteiger partial charge in [0, 0.05) is 12.5 Å². The number of amides is 1. The zero-order valence-corrected chi connectivity index (χ0v) is 9.41. The van der Waals surface area contributed by atoms with E-state index in [-0.39, 0.29) is 24.4 Å². The van der Waals surface area contributed by atoms with Crippen LogP contribution in [0.4, 0.5) is 0 Å². The van der Waals surface area contributed by atoms with Crippen LogP contribution in [0.2, 0.25) is 0 Å². The summed E-state index contributed by atoms with van der Waals surface area (Å²) >= 11 is 0. The molecule has 0 aliphatic carbocycles. The van der Waals surface area contributed by atoms with Crippen LogP contribution in [0.25, 0.3) is 0 Å². The van der Waals surface area contributed by atoms with E-state index in [9.17, 15) is 9.59 Å². The van der Waals surface area contributed by atoms with Gasteiger partial charge in [0.2, 0.25) is 5.91 Å². The van der Waals surface area contributed by atoms with Crippen LogP contribution in [-0.2, 0) is 9.59 Å². The zero-order chi connectivity index (χ0) is 11.3. The summed E-state index contributed by atoms with van der Waals surface area (Å²) < 4.78 is 0. The highest BCUT2D eigenvalue weighted by Gasteiger charge is 2.23. The molecule has 0 aromatic carbocycles. The minimum absolute atomic E-state index is 0.139. The fourth-order valence-electron chi connectivity index (χ4n) is 1.43. The average Bonchev–Trinajstić information content (AvgIpc) is 2.11. The summed E-state index contributed by atoms with van der Waals surface area (Å²) in [6, 6.07) is -0.0829. The maximum absolute atomic E-state index is 11.4. The molecule has 1 unspecified atom stereocenters. The fraction of sp³-hybridized carbons (Fsp3) is 0.800. The first-order valence-corrected chi connectivity index (χ1v) is 4.96. The molecule has 4 heteroatoms. The molecule has 1 amide bonds. The van der Waals surface area contributed by atoms with Crippen LogP contribution in [0, 0.1) is 0 Å². The number of carbonyl (C=O) groups excluding carboxylic acids is 2. The molecular weight excluding hydrogens is 180 g/mol. The Balaban J connectivity index is 4.48. The number of nitrogens with two attached hydrogens (primary N) is 1. The van der Waals surface area contributed by atoms with Gasteiger partial charge in [-0.1, -0.05) is 6.92 Å². The van der Waals surface area contributed by atoms with Gasteiger partial charge in [0.15, 0.2) is 0 Å². The lowest BCUT2D eigenvalue weighted by Crippen LogP contribution is -2.47. The third kappa shape index (κ3) is 3.87. The second-order valence-electron chi connectivity index (χ2n) is 3.73. The van der Waals surface area contributed by atoms with Gasteiger partial charge in [-0.25, -0.2) is 0 Å². The lowest BCUT2D eigenvalue weighted by Gasteiger charge is -2.30. The number of primary amides is 1. The first kappa shape index (κ1) is 13.1. The number of nitrogens with zero attached hydrogens (tertiary/aromatic N) is 1. The monoisotopic (exact) mass is 200 g/mol. The second-order valence-corrected chi connectivity index (χ2v) is 3.73. The van der Waals surface area contributed by atoms with E-state index in [2.05, 4.69) is 0 Å². The van der Waals surface area contributed by atoms with Crippen molar-refractivity contribution in [3.8, 4) is 0 Å². The molecule has 0 fully saturated rings. The van der Waals surface area contributed by atoms with Gasteiger partial charge in [0.05, 0.1) is 12.6 Å². The first-order chi connectivity index (χ1) is 6.40. The van der Waals surface area contributed by atoms with Gasteiger partial charge in [-0.3, -0.25) is 14.5 Å². The molecule has 0 heterocycles. The molecule has 82 valence electrons. The highest BCUT2D eigenvalue weighted by atomic mass is 16.1. The Hall–Kier alpha value is -0.900. The van der Waals surface area contributed by atoms with Gasteiger partial charge >= 0.3 is 0 Å². The number of hydrogen-bond donors (Lipinski definition) is 1. The Bertz CT molecular complexity index is 214. The molecule has 0 spiro atoms. The molecule has 1 atom stereocenters. The summed E-state index contributed by atoms with van der Waals surface area (Å²) in [5.41, 5.74) is 5.12. The number of ketones is 1. The standard InChI is InChI=1S/C10H20N2O2/c1-5-9(13)8(4)12(7(2)3)6-10(11)14/h7-8H,5-6H2,1-4H3,(H2,11,14). The molecule has 4 nitrogen and oxygen atoms in total. The molecule has 0 saturated carbocycles. The Morgan fingerprint density at radius 2 is 1.79 bits per heavy atom. The van der Waals surface area contributed by atoms with E-state index >= 15 is 0 Å². The van der Waals surface area contributed by atoms with E-state index < -0.39 is 5.91 Å². The van der Waals surface area contributed by atoms with Crippen LogP contribution in [0.3, 0.4) is 0 Å². The largest absolute Gasteiger partial charge is 0.369 e. The normalized spacial score (nSPS) is 13.3. The SMILES string of the molecule is CCC(=O)C(C)N(CC(N)=O)C(C)C. The molecule has 0 bridgehead atoms. The van der Waals surface area contributed by atoms with Crippen LogP contribution in [-0.4, -0.2) is 35.2 Å². The third-order valence-corrected chi connectivity index (χ3v) is 2.31. The highest BCUT2D eigenvalue weighted by molar-refractivity contribution is 5.84. The Labute approximate surface area is 85.4 Å². The Morgan fingerprint density at radius 3 is 2.07 bits per heavy atom. The predicted octanol–water partition coefficient (Wildman–Crippen LogP) is 0.550. The Morgan fingerprint density at radius 1 is 1.29 bits per heavy atom. The minimum Gasteiger partial charge on any atom is -0.369 e. The van der Waals surface area contributed by atoms with Crippen molar-refractivity contribution >= 4 is 11.7 Å². The van der Waals surface area contributed by atoms with Crippen LogP contribution < -0.4 is 5.73 Å². The van der Waals surface area contributed by atoms with Gasteiger partial charge < -0.3 is 5.73 Å². The molecule has 0 aromatic rings. The van der Waals surface area contributed by atoms with E-state index in [1.54, 1.807) is 0 Å². The van der Waals surface area contributed by atoms with Crippen LogP contribution in [0.1, 0.15) is 34.1 Å². The molecule has 14 heavy (non-hydrogen) atoms. The summed E-state index contributed by atoms with van der Waals surface area (Å²) in [4.78, 5) is 24.1. The van der Waals surface area contributed by atoms with Crippen molar-refractivity contribution in [2.75, 3.05) is 6.54 Å². The summed E-state index contributed by atoms with van der Waals surface area (Å²) in [5.74, 6) is -0.255. The summed E-state index contributed by atoms with van der Waals surface area (Å²) in [6.45, 7) is 7.67. The number of carbonyl (C=O) groups is 2. The summed E-state index contributed by atoms with van der Waals surface area (Å²) in [6.07, 6.45) is 0.489. The molecule has 0 rings (SSSR count). The van der Waals surface area contributed by atoms with Crippen molar-refractivity contribution in [3.05, 3.63) is 0 Å². The van der Waals surface area contributed by atoms with Crippen molar-refractivity contribution in [2.45, 2.75) is 46.2 Å². The van der Waals surface area contributed by atoms with E-state index in [4.69, 9.17) is 5.73 Å². The average molecular weight is 200 g/mol. The van der Waals surface area contributed by atoms with E-state index in [1.165, 1.54) is 0 Å². The zero-order valence-electron chi connectivity index (χ0n) is 9.41. The van der Waals surface area contributed by atoms with Crippen molar-refractivity contribution in [2.24, 2.45) is 5.73 Å². The topological polar surface area (TPSA) is 63.4 Å². The van der Waals surface area contributed by atoms with E-state index in [1.807, 2.05) is 32.6 Å². The van der Waals surface area contributed by atoms with E-state index in [0.717, 1.165) is 0 Å². The van der Waals surface area contributed by atoms with Crippen molar-refractivity contribution in [3.63, 3.8) is 0 Å². The van der Waals surface area contributed by atoms with Gasteiger partial charge in [-0.05, 0) is 20.8 Å². The van der Waals surface area contributed by atoms with E-state index in [0.29, 0.717) is 6.42 Å². The number of Topliss-reactive ketones (excluding diaryl/α,β-unsaturated/α-hetero) is 1. The maximum atomic E-state index is 11.4. The molecule has 0 aliphatic heterocycles. The number of hydrogen-bond acceptors (Lipinski definition) is 3. The summed E-state index contributed by atoms with van der Waals surface area (Å²) in [5, 5.41) is 0. The number of rotatable bonds is 6. The molecular formula is C10H20N2O2. The van der Waals surface area contributed by atoms with Gasteiger partial charge in [-0.15, -0.1) is 0 Å². The lowest BCUT2D eigenvalue weighted by molar-refractivity contribution is -0.126. The van der Waals surface area contributed by atoms with Gasteiger partial charge in [-0.2, -0.15) is 0 Å². The smallest absolute Gasteiger partial charge is 0.231 e. The van der Waals surface area contributed by atoms with Crippen LogP contribution >= 0.6 is 0 Å². The third-order valence-electron chi connectivity index (χ3n) is 2.31.